The predicted octanol–water partition coefficient (Wildman–Crippen LogP) is 3.46. The number of carbonyl (C=O) groups is 1. The Balaban J connectivity index is 2.13. The van der Waals surface area contributed by atoms with E-state index in [0.717, 1.165) is 18.8 Å². The molecule has 3 unspecified atom stereocenters. The van der Waals surface area contributed by atoms with Gasteiger partial charge in [-0.05, 0) is 38.5 Å². The van der Waals surface area contributed by atoms with Gasteiger partial charge in [-0.3, -0.25) is 0 Å². The lowest BCUT2D eigenvalue weighted by Crippen LogP contribution is -2.38. The molecule has 0 aromatic heterocycles. The van der Waals surface area contributed by atoms with Crippen molar-refractivity contribution < 1.29 is 9.53 Å². The summed E-state index contributed by atoms with van der Waals surface area (Å²) in [4.78, 5) is 11.7. The lowest BCUT2D eigenvalue weighted by molar-refractivity contribution is -0.160. The third-order valence-electron chi connectivity index (χ3n) is 4.52. The first-order chi connectivity index (χ1) is 7.59. The maximum absolute atomic E-state index is 11.7. The van der Waals surface area contributed by atoms with Crippen LogP contribution in [0.1, 0.15) is 52.4 Å². The van der Waals surface area contributed by atoms with Gasteiger partial charge in [0.05, 0.1) is 0 Å². The summed E-state index contributed by atoms with van der Waals surface area (Å²) < 4.78 is 5.78. The molecular weight excluding hydrogens is 200 g/mol. The standard InChI is InChI=1S/C14H22O2/c1-4-14(16-13(15)10(2)3)9-8-11-6-5-7-12(11)14/h11-12H,2,4-9H2,1,3H3. The van der Waals surface area contributed by atoms with Crippen LogP contribution in [0.4, 0.5) is 0 Å². The highest BCUT2D eigenvalue weighted by Crippen LogP contribution is 2.53. The number of carbonyl (C=O) groups excluding carboxylic acids is 1. The Labute approximate surface area is 98.1 Å². The van der Waals surface area contributed by atoms with Gasteiger partial charge >= 0.3 is 5.97 Å². The Morgan fingerprint density at radius 1 is 1.44 bits per heavy atom. The van der Waals surface area contributed by atoms with Crippen LogP contribution < -0.4 is 0 Å². The number of rotatable bonds is 3. The Morgan fingerprint density at radius 3 is 2.81 bits per heavy atom. The van der Waals surface area contributed by atoms with Gasteiger partial charge in [0.2, 0.25) is 0 Å². The highest BCUT2D eigenvalue weighted by Gasteiger charge is 2.51. The minimum atomic E-state index is -0.200. The van der Waals surface area contributed by atoms with Crippen molar-refractivity contribution in [3.8, 4) is 0 Å². The minimum Gasteiger partial charge on any atom is -0.455 e. The van der Waals surface area contributed by atoms with E-state index < -0.39 is 0 Å². The summed E-state index contributed by atoms with van der Waals surface area (Å²) in [5.41, 5.74) is 0.353. The van der Waals surface area contributed by atoms with Crippen LogP contribution >= 0.6 is 0 Å². The molecule has 0 amide bonds. The third kappa shape index (κ3) is 1.79. The van der Waals surface area contributed by atoms with E-state index in [-0.39, 0.29) is 11.6 Å². The summed E-state index contributed by atoms with van der Waals surface area (Å²) in [7, 11) is 0. The topological polar surface area (TPSA) is 26.3 Å². The fraction of sp³-hybridized carbons (Fsp3) is 0.786. The molecule has 0 aromatic rings. The van der Waals surface area contributed by atoms with Crippen LogP contribution in [0.2, 0.25) is 0 Å². The number of ether oxygens (including phenoxy) is 1. The van der Waals surface area contributed by atoms with Crippen LogP contribution in [0.25, 0.3) is 0 Å². The van der Waals surface area contributed by atoms with E-state index in [1.165, 1.54) is 25.7 Å². The zero-order valence-electron chi connectivity index (χ0n) is 10.4. The molecule has 90 valence electrons. The number of hydrogen-bond acceptors (Lipinski definition) is 2. The number of fused-ring (bicyclic) bond motifs is 1. The first-order valence-electron chi connectivity index (χ1n) is 6.48. The molecule has 0 aliphatic heterocycles. The average molecular weight is 222 g/mol. The van der Waals surface area contributed by atoms with E-state index in [4.69, 9.17) is 4.74 Å². The Bertz CT molecular complexity index is 308. The smallest absolute Gasteiger partial charge is 0.333 e. The zero-order chi connectivity index (χ0) is 11.8. The molecule has 0 spiro atoms. The molecule has 0 aromatic carbocycles. The van der Waals surface area contributed by atoms with Gasteiger partial charge in [-0.2, -0.15) is 0 Å². The Kier molecular flexibility index (Phi) is 3.09. The molecule has 16 heavy (non-hydrogen) atoms. The monoisotopic (exact) mass is 222 g/mol. The van der Waals surface area contributed by atoms with Gasteiger partial charge in [-0.25, -0.2) is 4.79 Å². The van der Waals surface area contributed by atoms with Crippen LogP contribution in [0.3, 0.4) is 0 Å². The molecule has 2 heteroatoms. The van der Waals surface area contributed by atoms with E-state index in [9.17, 15) is 4.79 Å². The summed E-state index contributed by atoms with van der Waals surface area (Å²) in [5, 5.41) is 0. The van der Waals surface area contributed by atoms with Crippen molar-refractivity contribution in [1.82, 2.24) is 0 Å². The first kappa shape index (κ1) is 11.7. The number of hydrogen-bond donors (Lipinski definition) is 0. The van der Waals surface area contributed by atoms with E-state index in [0.29, 0.717) is 11.5 Å². The fourth-order valence-electron chi connectivity index (χ4n) is 3.60. The van der Waals surface area contributed by atoms with Crippen molar-refractivity contribution in [2.75, 3.05) is 0 Å². The van der Waals surface area contributed by atoms with E-state index in [1.54, 1.807) is 6.92 Å². The lowest BCUT2D eigenvalue weighted by Gasteiger charge is -2.34. The van der Waals surface area contributed by atoms with Gasteiger partial charge in [0, 0.05) is 11.5 Å². The van der Waals surface area contributed by atoms with Gasteiger partial charge < -0.3 is 4.74 Å². The fourth-order valence-corrected chi connectivity index (χ4v) is 3.60. The highest BCUT2D eigenvalue weighted by molar-refractivity contribution is 5.87. The summed E-state index contributed by atoms with van der Waals surface area (Å²) in [5.74, 6) is 1.22. The lowest BCUT2D eigenvalue weighted by atomic mass is 9.85. The molecule has 0 heterocycles. The van der Waals surface area contributed by atoms with Crippen LogP contribution in [0.5, 0.6) is 0 Å². The van der Waals surface area contributed by atoms with Crippen molar-refractivity contribution in [2.24, 2.45) is 11.8 Å². The minimum absolute atomic E-state index is 0.169. The highest BCUT2D eigenvalue weighted by atomic mass is 16.6. The SMILES string of the molecule is C=C(C)C(=O)OC1(CC)CCC2CCCC21. The molecular formula is C14H22O2. The summed E-state index contributed by atoms with van der Waals surface area (Å²) in [6, 6.07) is 0. The average Bonchev–Trinajstić information content (AvgIpc) is 2.82. The Hall–Kier alpha value is -0.790. The van der Waals surface area contributed by atoms with Crippen LogP contribution in [0, 0.1) is 11.8 Å². The molecule has 2 fully saturated rings. The second kappa shape index (κ2) is 4.23. The quantitative estimate of drug-likeness (QED) is 0.540. The Morgan fingerprint density at radius 2 is 2.19 bits per heavy atom. The molecule has 0 radical (unpaired) electrons. The molecule has 0 bridgehead atoms. The van der Waals surface area contributed by atoms with Crippen LogP contribution in [0.15, 0.2) is 12.2 Å². The van der Waals surface area contributed by atoms with Crippen LogP contribution in [-0.4, -0.2) is 11.6 Å². The normalized spacial score (nSPS) is 37.1. The van der Waals surface area contributed by atoms with Crippen molar-refractivity contribution >= 4 is 5.97 Å². The van der Waals surface area contributed by atoms with Gasteiger partial charge in [-0.1, -0.05) is 26.3 Å². The number of esters is 1. The van der Waals surface area contributed by atoms with Gasteiger partial charge in [0.25, 0.3) is 0 Å². The van der Waals surface area contributed by atoms with Gasteiger partial charge in [0.15, 0.2) is 0 Å². The molecule has 2 aliphatic carbocycles. The first-order valence-corrected chi connectivity index (χ1v) is 6.48. The van der Waals surface area contributed by atoms with E-state index >= 15 is 0 Å². The van der Waals surface area contributed by atoms with Crippen LogP contribution in [-0.2, 0) is 9.53 Å². The maximum Gasteiger partial charge on any atom is 0.333 e. The molecule has 2 nitrogen and oxygen atoms in total. The second-order valence-electron chi connectivity index (χ2n) is 5.42. The van der Waals surface area contributed by atoms with Gasteiger partial charge in [0.1, 0.15) is 5.60 Å². The third-order valence-corrected chi connectivity index (χ3v) is 4.52. The van der Waals surface area contributed by atoms with Gasteiger partial charge in [-0.15, -0.1) is 0 Å². The van der Waals surface area contributed by atoms with Crippen molar-refractivity contribution in [3.05, 3.63) is 12.2 Å². The van der Waals surface area contributed by atoms with E-state index in [2.05, 4.69) is 13.5 Å². The maximum atomic E-state index is 11.7. The van der Waals surface area contributed by atoms with Crippen molar-refractivity contribution in [2.45, 2.75) is 58.0 Å². The molecule has 2 rings (SSSR count). The molecule has 2 saturated carbocycles. The summed E-state index contributed by atoms with van der Waals surface area (Å²) in [6.45, 7) is 7.55. The second-order valence-corrected chi connectivity index (χ2v) is 5.42. The molecule has 2 aliphatic rings. The largest absolute Gasteiger partial charge is 0.455 e. The molecule has 0 N–H and O–H groups in total. The predicted molar refractivity (Wildman–Crippen MR) is 64.0 cm³/mol. The van der Waals surface area contributed by atoms with Crippen molar-refractivity contribution in [1.29, 1.82) is 0 Å². The van der Waals surface area contributed by atoms with Crippen molar-refractivity contribution in [3.63, 3.8) is 0 Å². The summed E-state index contributed by atoms with van der Waals surface area (Å²) >= 11 is 0. The molecule has 0 saturated heterocycles. The van der Waals surface area contributed by atoms with E-state index in [1.807, 2.05) is 0 Å². The molecule has 3 atom stereocenters. The zero-order valence-corrected chi connectivity index (χ0v) is 10.4. The summed E-state index contributed by atoms with van der Waals surface area (Å²) in [6.07, 6.45) is 7.12.